The van der Waals surface area contributed by atoms with E-state index in [0.29, 0.717) is 12.0 Å². The molecule has 0 amide bonds. The van der Waals surface area contributed by atoms with Crippen molar-refractivity contribution in [2.75, 3.05) is 0 Å². The van der Waals surface area contributed by atoms with Gasteiger partial charge in [0, 0.05) is 0 Å². The Bertz CT molecular complexity index is 323. The maximum atomic E-state index is 9.84. The molecule has 0 spiro atoms. The maximum Gasteiger partial charge on any atom is 0.120 e. The van der Waals surface area contributed by atoms with Gasteiger partial charge in [-0.3, -0.25) is 0 Å². The quantitative estimate of drug-likeness (QED) is 0.806. The molecule has 2 unspecified atom stereocenters. The molecule has 0 radical (unpaired) electrons. The fraction of sp³-hybridized carbons (Fsp3) is 0.538. The molecule has 3 heteroatoms. The Morgan fingerprint density at radius 1 is 1.25 bits per heavy atom. The van der Waals surface area contributed by atoms with E-state index in [1.807, 2.05) is 32.9 Å². The summed E-state index contributed by atoms with van der Waals surface area (Å²) < 4.78 is 5.53. The zero-order chi connectivity index (χ0) is 12.1. The highest BCUT2D eigenvalue weighted by molar-refractivity contribution is 5.30. The zero-order valence-corrected chi connectivity index (χ0v) is 10.1. The molecular weight excluding hydrogens is 204 g/mol. The Balaban J connectivity index is 2.81. The van der Waals surface area contributed by atoms with Gasteiger partial charge in [0.25, 0.3) is 0 Å². The normalized spacial score (nSPS) is 14.9. The summed E-state index contributed by atoms with van der Waals surface area (Å²) in [5.74, 6) is 0.717. The first-order chi connectivity index (χ1) is 7.54. The predicted octanol–water partition coefficient (Wildman–Crippen LogP) is 2.28. The van der Waals surface area contributed by atoms with E-state index in [0.717, 1.165) is 5.75 Å². The van der Waals surface area contributed by atoms with Crippen LogP contribution in [0.5, 0.6) is 5.75 Å². The van der Waals surface area contributed by atoms with Gasteiger partial charge in [0.2, 0.25) is 0 Å². The van der Waals surface area contributed by atoms with Gasteiger partial charge >= 0.3 is 0 Å². The van der Waals surface area contributed by atoms with Crippen molar-refractivity contribution in [3.05, 3.63) is 29.8 Å². The fourth-order valence-corrected chi connectivity index (χ4v) is 1.49. The molecule has 1 aromatic rings. The van der Waals surface area contributed by atoms with E-state index >= 15 is 0 Å². The molecule has 0 aromatic heterocycles. The van der Waals surface area contributed by atoms with Crippen molar-refractivity contribution in [3.8, 4) is 5.75 Å². The zero-order valence-electron chi connectivity index (χ0n) is 10.1. The third-order valence-corrected chi connectivity index (χ3v) is 2.35. The van der Waals surface area contributed by atoms with Crippen LogP contribution >= 0.6 is 0 Å². The first-order valence-electron chi connectivity index (χ1n) is 5.67. The summed E-state index contributed by atoms with van der Waals surface area (Å²) in [6, 6.07) is 7.22. The molecule has 1 rings (SSSR count). The second kappa shape index (κ2) is 5.87. The Labute approximate surface area is 96.7 Å². The maximum absolute atomic E-state index is 9.84. The van der Waals surface area contributed by atoms with Crippen molar-refractivity contribution >= 4 is 0 Å². The van der Waals surface area contributed by atoms with Crippen LogP contribution in [0.2, 0.25) is 0 Å². The molecule has 3 nitrogen and oxygen atoms in total. The number of aliphatic hydroxyl groups excluding tert-OH is 2. The van der Waals surface area contributed by atoms with E-state index in [1.54, 1.807) is 12.1 Å². The van der Waals surface area contributed by atoms with Crippen molar-refractivity contribution in [2.24, 2.45) is 0 Å². The lowest BCUT2D eigenvalue weighted by atomic mass is 10.0. The molecule has 0 aliphatic carbocycles. The summed E-state index contributed by atoms with van der Waals surface area (Å²) in [5.41, 5.74) is 0.688. The van der Waals surface area contributed by atoms with Gasteiger partial charge < -0.3 is 14.9 Å². The van der Waals surface area contributed by atoms with Crippen molar-refractivity contribution in [1.29, 1.82) is 0 Å². The minimum atomic E-state index is -0.847. The summed E-state index contributed by atoms with van der Waals surface area (Å²) in [6.45, 7) is 5.73. The number of aliphatic hydroxyl groups is 2. The third kappa shape index (κ3) is 3.51. The second-order valence-corrected chi connectivity index (χ2v) is 4.16. The second-order valence-electron chi connectivity index (χ2n) is 4.16. The summed E-state index contributed by atoms with van der Waals surface area (Å²) in [5, 5.41) is 19.4. The first kappa shape index (κ1) is 13.0. The van der Waals surface area contributed by atoms with E-state index in [4.69, 9.17) is 4.74 Å². The number of ether oxygens (including phenoxy) is 1. The standard InChI is InChI=1S/C13H20O3/c1-4-12(14)13(15)10-6-5-7-11(8-10)16-9(2)3/h5-9,12-15H,4H2,1-3H3. The highest BCUT2D eigenvalue weighted by Crippen LogP contribution is 2.23. The molecule has 0 saturated carbocycles. The van der Waals surface area contributed by atoms with Gasteiger partial charge in [0.05, 0.1) is 12.2 Å². The summed E-state index contributed by atoms with van der Waals surface area (Å²) in [4.78, 5) is 0. The molecular formula is C13H20O3. The Morgan fingerprint density at radius 2 is 1.94 bits per heavy atom. The molecule has 0 fully saturated rings. The molecule has 0 heterocycles. The predicted molar refractivity (Wildman–Crippen MR) is 63.5 cm³/mol. The highest BCUT2D eigenvalue weighted by Gasteiger charge is 2.16. The van der Waals surface area contributed by atoms with Crippen LogP contribution in [0, 0.1) is 0 Å². The van der Waals surface area contributed by atoms with Gasteiger partial charge in [-0.2, -0.15) is 0 Å². The lowest BCUT2D eigenvalue weighted by molar-refractivity contribution is 0.0163. The average Bonchev–Trinajstić information content (AvgIpc) is 2.26. The molecule has 0 aliphatic heterocycles. The highest BCUT2D eigenvalue weighted by atomic mass is 16.5. The van der Waals surface area contributed by atoms with E-state index in [9.17, 15) is 10.2 Å². The summed E-state index contributed by atoms with van der Waals surface area (Å²) in [6.07, 6.45) is -0.949. The van der Waals surface area contributed by atoms with Gasteiger partial charge in [-0.15, -0.1) is 0 Å². The monoisotopic (exact) mass is 224 g/mol. The molecule has 0 aliphatic rings. The Hall–Kier alpha value is -1.06. The first-order valence-corrected chi connectivity index (χ1v) is 5.67. The minimum absolute atomic E-state index is 0.100. The van der Waals surface area contributed by atoms with Crippen molar-refractivity contribution in [1.82, 2.24) is 0 Å². The number of rotatable bonds is 5. The molecule has 90 valence electrons. The minimum Gasteiger partial charge on any atom is -0.491 e. The molecule has 2 atom stereocenters. The van der Waals surface area contributed by atoms with Gasteiger partial charge in [-0.25, -0.2) is 0 Å². The summed E-state index contributed by atoms with van der Waals surface area (Å²) in [7, 11) is 0. The van der Waals surface area contributed by atoms with Crippen LogP contribution in [-0.2, 0) is 0 Å². The summed E-state index contributed by atoms with van der Waals surface area (Å²) >= 11 is 0. The van der Waals surface area contributed by atoms with Gasteiger partial charge in [0.1, 0.15) is 11.9 Å². The Morgan fingerprint density at radius 3 is 2.50 bits per heavy atom. The molecule has 1 aromatic carbocycles. The smallest absolute Gasteiger partial charge is 0.120 e. The topological polar surface area (TPSA) is 49.7 Å². The Kier molecular flexibility index (Phi) is 4.77. The number of benzene rings is 1. The van der Waals surface area contributed by atoms with Crippen molar-refractivity contribution in [3.63, 3.8) is 0 Å². The fourth-order valence-electron chi connectivity index (χ4n) is 1.49. The molecule has 16 heavy (non-hydrogen) atoms. The van der Waals surface area contributed by atoms with Gasteiger partial charge in [0.15, 0.2) is 0 Å². The third-order valence-electron chi connectivity index (χ3n) is 2.35. The molecule has 0 bridgehead atoms. The molecule has 0 saturated heterocycles. The van der Waals surface area contributed by atoms with Crippen LogP contribution in [0.3, 0.4) is 0 Å². The lowest BCUT2D eigenvalue weighted by Crippen LogP contribution is -2.17. The van der Waals surface area contributed by atoms with E-state index in [2.05, 4.69) is 0 Å². The van der Waals surface area contributed by atoms with E-state index in [1.165, 1.54) is 0 Å². The van der Waals surface area contributed by atoms with Crippen LogP contribution < -0.4 is 4.74 Å². The van der Waals surface area contributed by atoms with E-state index in [-0.39, 0.29) is 6.10 Å². The van der Waals surface area contributed by atoms with Crippen LogP contribution in [0.4, 0.5) is 0 Å². The van der Waals surface area contributed by atoms with Crippen LogP contribution in [0.15, 0.2) is 24.3 Å². The number of hydrogen-bond donors (Lipinski definition) is 2. The lowest BCUT2D eigenvalue weighted by Gasteiger charge is -2.18. The van der Waals surface area contributed by atoms with Crippen molar-refractivity contribution in [2.45, 2.75) is 45.5 Å². The van der Waals surface area contributed by atoms with Gasteiger partial charge in [-0.1, -0.05) is 19.1 Å². The van der Waals surface area contributed by atoms with Crippen LogP contribution in [0.1, 0.15) is 38.9 Å². The van der Waals surface area contributed by atoms with Gasteiger partial charge in [-0.05, 0) is 38.0 Å². The van der Waals surface area contributed by atoms with Crippen LogP contribution in [-0.4, -0.2) is 22.4 Å². The molecule has 2 N–H and O–H groups in total. The van der Waals surface area contributed by atoms with E-state index < -0.39 is 12.2 Å². The SMILES string of the molecule is CCC(O)C(O)c1cccc(OC(C)C)c1. The van der Waals surface area contributed by atoms with Crippen molar-refractivity contribution < 1.29 is 14.9 Å². The average molecular weight is 224 g/mol. The largest absolute Gasteiger partial charge is 0.491 e. The number of hydrogen-bond acceptors (Lipinski definition) is 3. The van der Waals surface area contributed by atoms with Crippen LogP contribution in [0.25, 0.3) is 0 Å².